The number of nitrogens with zero attached hydrogens (tertiary/aromatic N) is 3. The van der Waals surface area contributed by atoms with Gasteiger partial charge in [0.25, 0.3) is 15.7 Å². The molecule has 1 heterocycles. The molecule has 0 spiro atoms. The number of aryl methyl sites for hydroxylation is 1. The van der Waals surface area contributed by atoms with Crippen molar-refractivity contribution in [2.24, 2.45) is 0 Å². The van der Waals surface area contributed by atoms with Crippen LogP contribution < -0.4 is 0 Å². The molecule has 0 N–H and O–H groups in total. The minimum Gasteiger partial charge on any atom is -0.258 e. The van der Waals surface area contributed by atoms with Gasteiger partial charge >= 0.3 is 0 Å². The van der Waals surface area contributed by atoms with Crippen LogP contribution in [0.4, 0.5) is 10.1 Å². The number of thioether (sulfide) groups is 1. The molecule has 158 valence electrons. The Morgan fingerprint density at radius 2 is 1.81 bits per heavy atom. The highest BCUT2D eigenvalue weighted by Gasteiger charge is 2.26. The van der Waals surface area contributed by atoms with Crippen LogP contribution in [-0.4, -0.2) is 22.3 Å². The monoisotopic (exact) mass is 457 g/mol. The lowest BCUT2D eigenvalue weighted by Crippen LogP contribution is -2.14. The normalized spacial score (nSPS) is 11.7. The molecule has 0 aliphatic heterocycles. The van der Waals surface area contributed by atoms with Crippen molar-refractivity contribution in [2.75, 3.05) is 0 Å². The fourth-order valence-corrected chi connectivity index (χ4v) is 5.92. The molecule has 1 aromatic heterocycles. The molecule has 0 radical (unpaired) electrons. The van der Waals surface area contributed by atoms with E-state index < -0.39 is 14.9 Å². The molecule has 0 aliphatic carbocycles. The average Bonchev–Trinajstić information content (AvgIpc) is 3.12. The van der Waals surface area contributed by atoms with Gasteiger partial charge in [0.1, 0.15) is 5.82 Å². The summed E-state index contributed by atoms with van der Waals surface area (Å²) in [7, 11) is -4.17. The molecule has 31 heavy (non-hydrogen) atoms. The molecule has 0 amide bonds. The maximum Gasteiger partial charge on any atom is 0.271 e. The summed E-state index contributed by atoms with van der Waals surface area (Å²) in [6.45, 7) is 1.60. The van der Waals surface area contributed by atoms with Crippen molar-refractivity contribution < 1.29 is 17.7 Å². The minimum atomic E-state index is -4.17. The summed E-state index contributed by atoms with van der Waals surface area (Å²) < 4.78 is 41.4. The van der Waals surface area contributed by atoms with Crippen molar-refractivity contribution in [2.45, 2.75) is 22.7 Å². The highest BCUT2D eigenvalue weighted by atomic mass is 32.2. The van der Waals surface area contributed by atoms with E-state index in [1.807, 2.05) is 0 Å². The van der Waals surface area contributed by atoms with Crippen LogP contribution in [0.1, 0.15) is 11.1 Å². The lowest BCUT2D eigenvalue weighted by atomic mass is 10.2. The first-order chi connectivity index (χ1) is 14.8. The number of halogens is 1. The van der Waals surface area contributed by atoms with E-state index in [0.29, 0.717) is 22.3 Å². The predicted octanol–water partition coefficient (Wildman–Crippen LogP) is 4.92. The van der Waals surface area contributed by atoms with Gasteiger partial charge in [0.05, 0.1) is 20.9 Å². The third-order valence-corrected chi connectivity index (χ3v) is 7.36. The van der Waals surface area contributed by atoms with Gasteiger partial charge in [-0.05, 0) is 48.4 Å². The Kier molecular flexibility index (Phi) is 5.50. The van der Waals surface area contributed by atoms with Gasteiger partial charge in [-0.15, -0.1) is 0 Å². The van der Waals surface area contributed by atoms with Crippen molar-refractivity contribution in [1.29, 1.82) is 0 Å². The molecule has 0 saturated carbocycles. The van der Waals surface area contributed by atoms with E-state index >= 15 is 0 Å². The number of hydrogen-bond donors (Lipinski definition) is 0. The van der Waals surface area contributed by atoms with Crippen LogP contribution in [0.3, 0.4) is 0 Å². The van der Waals surface area contributed by atoms with Crippen LogP contribution in [0.5, 0.6) is 0 Å². The van der Waals surface area contributed by atoms with Crippen molar-refractivity contribution in [1.82, 2.24) is 8.96 Å². The topological polar surface area (TPSA) is 95.1 Å². The zero-order valence-electron chi connectivity index (χ0n) is 16.2. The van der Waals surface area contributed by atoms with E-state index in [1.165, 1.54) is 36.0 Å². The van der Waals surface area contributed by atoms with Crippen LogP contribution in [-0.2, 0) is 15.8 Å². The highest BCUT2D eigenvalue weighted by molar-refractivity contribution is 7.99. The van der Waals surface area contributed by atoms with Crippen LogP contribution in [0.25, 0.3) is 11.0 Å². The number of benzene rings is 3. The number of rotatable bonds is 6. The maximum atomic E-state index is 13.6. The molecular weight excluding hydrogens is 441 g/mol. The van der Waals surface area contributed by atoms with E-state index in [4.69, 9.17) is 0 Å². The Morgan fingerprint density at radius 1 is 1.10 bits per heavy atom. The highest BCUT2D eigenvalue weighted by Crippen LogP contribution is 2.32. The van der Waals surface area contributed by atoms with E-state index in [9.17, 15) is 22.9 Å². The molecule has 0 bridgehead atoms. The Bertz CT molecular complexity index is 1400. The number of non-ortho nitro benzene ring substituents is 1. The van der Waals surface area contributed by atoms with Crippen LogP contribution in [0.2, 0.25) is 0 Å². The Hall–Kier alpha value is -3.24. The van der Waals surface area contributed by atoms with E-state index in [-0.39, 0.29) is 21.6 Å². The molecule has 10 heteroatoms. The third-order valence-electron chi connectivity index (χ3n) is 4.56. The molecule has 0 aliphatic rings. The first-order valence-corrected chi connectivity index (χ1v) is 11.5. The van der Waals surface area contributed by atoms with Gasteiger partial charge in [-0.25, -0.2) is 21.8 Å². The second-order valence-electron chi connectivity index (χ2n) is 6.83. The molecule has 0 atom stereocenters. The molecule has 4 rings (SSSR count). The van der Waals surface area contributed by atoms with Crippen LogP contribution in [0.15, 0.2) is 76.8 Å². The molecule has 4 aromatic rings. The summed E-state index contributed by atoms with van der Waals surface area (Å²) in [6.07, 6.45) is 0. The largest absolute Gasteiger partial charge is 0.271 e. The molecule has 0 unspecified atom stereocenters. The fraction of sp³-hybridized carbons (Fsp3) is 0.0952. The van der Waals surface area contributed by atoms with Crippen LogP contribution >= 0.6 is 11.8 Å². The number of hydrogen-bond acceptors (Lipinski definition) is 6. The second-order valence-corrected chi connectivity index (χ2v) is 9.56. The van der Waals surface area contributed by atoms with Gasteiger partial charge in [-0.1, -0.05) is 36.0 Å². The lowest BCUT2D eigenvalue weighted by Gasteiger charge is -2.11. The third kappa shape index (κ3) is 4.17. The van der Waals surface area contributed by atoms with Gasteiger partial charge in [-0.3, -0.25) is 10.1 Å². The summed E-state index contributed by atoms with van der Waals surface area (Å²) in [6, 6.07) is 16.4. The zero-order chi connectivity index (χ0) is 22.2. The average molecular weight is 458 g/mol. The van der Waals surface area contributed by atoms with E-state index in [1.54, 1.807) is 43.3 Å². The standard InChI is InChI=1S/C21H16FN3O4S2/c1-14-10-17(25(26)27)12-18(11-14)31(28,29)24-20-5-3-2-4-19(20)23-21(24)30-13-15-6-8-16(22)9-7-15/h2-12H,13H2,1H3. The molecule has 3 aromatic carbocycles. The zero-order valence-corrected chi connectivity index (χ0v) is 17.9. The number of nitro groups is 1. The maximum absolute atomic E-state index is 13.6. The Labute approximate surface area is 181 Å². The number of fused-ring (bicyclic) bond motifs is 1. The molecule has 0 saturated heterocycles. The van der Waals surface area contributed by atoms with Crippen molar-refractivity contribution in [3.63, 3.8) is 0 Å². The molecular formula is C21H16FN3O4S2. The summed E-state index contributed by atoms with van der Waals surface area (Å²) in [5, 5.41) is 11.5. The van der Waals surface area contributed by atoms with Gasteiger partial charge in [0.2, 0.25) is 0 Å². The SMILES string of the molecule is Cc1cc([N+](=O)[O-])cc(S(=O)(=O)n2c(SCc3ccc(F)cc3)nc3ccccc32)c1. The van der Waals surface area contributed by atoms with Crippen molar-refractivity contribution in [3.8, 4) is 0 Å². The van der Waals surface area contributed by atoms with Gasteiger partial charge in [-0.2, -0.15) is 0 Å². The summed E-state index contributed by atoms with van der Waals surface area (Å²) >= 11 is 1.18. The number of imidazole rings is 1. The molecule has 0 fully saturated rings. The van der Waals surface area contributed by atoms with Crippen molar-refractivity contribution in [3.05, 3.63) is 93.8 Å². The predicted molar refractivity (Wildman–Crippen MR) is 116 cm³/mol. The minimum absolute atomic E-state index is 0.189. The summed E-state index contributed by atoms with van der Waals surface area (Å²) in [5.74, 6) is 0.0113. The van der Waals surface area contributed by atoms with E-state index in [2.05, 4.69) is 4.98 Å². The lowest BCUT2D eigenvalue weighted by molar-refractivity contribution is -0.385. The van der Waals surface area contributed by atoms with Gasteiger partial charge in [0.15, 0.2) is 5.16 Å². The summed E-state index contributed by atoms with van der Waals surface area (Å²) in [5.41, 5.74) is 1.80. The Balaban J connectivity index is 1.83. The molecule has 7 nitrogen and oxygen atoms in total. The van der Waals surface area contributed by atoms with Crippen LogP contribution in [0, 0.1) is 22.9 Å². The number of para-hydroxylation sites is 2. The quantitative estimate of drug-likeness (QED) is 0.232. The van der Waals surface area contributed by atoms with Gasteiger partial charge in [0, 0.05) is 17.9 Å². The van der Waals surface area contributed by atoms with Gasteiger partial charge < -0.3 is 0 Å². The number of aromatic nitrogens is 2. The first kappa shape index (κ1) is 21.0. The fourth-order valence-electron chi connectivity index (χ4n) is 3.12. The Morgan fingerprint density at radius 3 is 2.52 bits per heavy atom. The van der Waals surface area contributed by atoms with E-state index in [0.717, 1.165) is 15.6 Å². The van der Waals surface area contributed by atoms with Crippen molar-refractivity contribution >= 4 is 38.5 Å². The number of nitro benzene ring substituents is 1. The second kappa shape index (κ2) is 8.12. The summed E-state index contributed by atoms with van der Waals surface area (Å²) in [4.78, 5) is 14.9. The smallest absolute Gasteiger partial charge is 0.258 e. The first-order valence-electron chi connectivity index (χ1n) is 9.12.